The summed E-state index contributed by atoms with van der Waals surface area (Å²) in [7, 11) is 0. The second-order valence-corrected chi connectivity index (χ2v) is 6.58. The molecule has 1 aromatic carbocycles. The van der Waals surface area contributed by atoms with Crippen molar-refractivity contribution in [2.24, 2.45) is 11.8 Å². The summed E-state index contributed by atoms with van der Waals surface area (Å²) in [5.74, 6) is 1.71. The largest absolute Gasteiger partial charge is 0.398 e. The van der Waals surface area contributed by atoms with Gasteiger partial charge in [-0.3, -0.25) is 4.98 Å². The second kappa shape index (κ2) is 5.92. The maximum Gasteiger partial charge on any atom is 0.0422 e. The molecule has 21 heavy (non-hydrogen) atoms. The van der Waals surface area contributed by atoms with E-state index in [0.29, 0.717) is 0 Å². The molecule has 1 fully saturated rings. The summed E-state index contributed by atoms with van der Waals surface area (Å²) < 4.78 is 0. The Morgan fingerprint density at radius 3 is 2.71 bits per heavy atom. The van der Waals surface area contributed by atoms with Crippen molar-refractivity contribution in [3.8, 4) is 0 Å². The highest BCUT2D eigenvalue weighted by molar-refractivity contribution is 6.00. The van der Waals surface area contributed by atoms with Crippen molar-refractivity contribution >= 4 is 22.1 Å². The Hall–Kier alpha value is -1.77. The Bertz CT molecular complexity index is 628. The van der Waals surface area contributed by atoms with Crippen LogP contribution in [0.2, 0.25) is 0 Å². The number of anilines is 2. The highest BCUT2D eigenvalue weighted by Crippen LogP contribution is 2.31. The first-order valence-corrected chi connectivity index (χ1v) is 8.02. The van der Waals surface area contributed by atoms with Crippen LogP contribution in [0.4, 0.5) is 11.4 Å². The molecule has 0 saturated heterocycles. The van der Waals surface area contributed by atoms with Crippen molar-refractivity contribution in [2.45, 2.75) is 39.5 Å². The number of benzene rings is 1. The number of rotatable bonds is 3. The third kappa shape index (κ3) is 3.12. The highest BCUT2D eigenvalue weighted by atomic mass is 14.9. The van der Waals surface area contributed by atoms with Crippen molar-refractivity contribution in [2.75, 3.05) is 17.6 Å². The normalized spacial score (nSPS) is 22.4. The molecule has 3 rings (SSSR count). The van der Waals surface area contributed by atoms with E-state index in [2.05, 4.69) is 29.4 Å². The first kappa shape index (κ1) is 14.2. The van der Waals surface area contributed by atoms with Gasteiger partial charge in [-0.2, -0.15) is 0 Å². The molecule has 1 aromatic heterocycles. The number of pyridine rings is 1. The molecule has 0 unspecified atom stereocenters. The molecule has 1 saturated carbocycles. The first-order valence-electron chi connectivity index (χ1n) is 8.02. The van der Waals surface area contributed by atoms with Crippen LogP contribution in [0.1, 0.15) is 38.3 Å². The van der Waals surface area contributed by atoms with Crippen LogP contribution in [0.3, 0.4) is 0 Å². The summed E-state index contributed by atoms with van der Waals surface area (Å²) in [5, 5.41) is 5.87. The Morgan fingerprint density at radius 1 is 1.19 bits per heavy atom. The standard InChI is InChI=1S/C18H25N3/c1-12-3-5-14(6-4-12)10-21-18-8-7-17(19)16-11-20-13(2)9-15(16)18/h7-9,11-12,14,21H,3-6,10,19H2,1-2H3. The van der Waals surface area contributed by atoms with Gasteiger partial charge in [-0.25, -0.2) is 0 Å². The zero-order valence-electron chi connectivity index (χ0n) is 13.0. The molecule has 2 aromatic rings. The summed E-state index contributed by atoms with van der Waals surface area (Å²) in [4.78, 5) is 4.36. The minimum Gasteiger partial charge on any atom is -0.398 e. The van der Waals surface area contributed by atoms with Gasteiger partial charge in [-0.15, -0.1) is 0 Å². The molecule has 0 radical (unpaired) electrons. The van der Waals surface area contributed by atoms with E-state index in [4.69, 9.17) is 5.73 Å². The number of aromatic nitrogens is 1. The Kier molecular flexibility index (Phi) is 4.00. The zero-order chi connectivity index (χ0) is 14.8. The minimum atomic E-state index is 0.801. The number of nitrogens with two attached hydrogens (primary N) is 1. The Morgan fingerprint density at radius 2 is 1.95 bits per heavy atom. The fraction of sp³-hybridized carbons (Fsp3) is 0.500. The van der Waals surface area contributed by atoms with E-state index in [0.717, 1.165) is 35.1 Å². The Balaban J connectivity index is 1.78. The minimum absolute atomic E-state index is 0.801. The predicted octanol–water partition coefficient (Wildman–Crippen LogP) is 4.36. The molecule has 1 aliphatic rings. The van der Waals surface area contributed by atoms with Gasteiger partial charge in [0.15, 0.2) is 0 Å². The van der Waals surface area contributed by atoms with Crippen molar-refractivity contribution in [1.82, 2.24) is 4.98 Å². The van der Waals surface area contributed by atoms with Gasteiger partial charge in [0.25, 0.3) is 0 Å². The summed E-state index contributed by atoms with van der Waals surface area (Å²) in [6.07, 6.45) is 7.33. The average Bonchev–Trinajstić information content (AvgIpc) is 2.48. The van der Waals surface area contributed by atoms with Crippen molar-refractivity contribution in [1.29, 1.82) is 0 Å². The van der Waals surface area contributed by atoms with E-state index in [1.807, 2.05) is 19.2 Å². The van der Waals surface area contributed by atoms with Crippen molar-refractivity contribution in [3.63, 3.8) is 0 Å². The quantitative estimate of drug-likeness (QED) is 0.823. The summed E-state index contributed by atoms with van der Waals surface area (Å²) >= 11 is 0. The molecule has 3 nitrogen and oxygen atoms in total. The summed E-state index contributed by atoms with van der Waals surface area (Å²) in [6.45, 7) is 5.45. The highest BCUT2D eigenvalue weighted by Gasteiger charge is 2.18. The molecule has 3 N–H and O–H groups in total. The maximum atomic E-state index is 6.06. The number of nitrogen functional groups attached to an aromatic ring is 1. The lowest BCUT2D eigenvalue weighted by Crippen LogP contribution is -2.20. The number of aryl methyl sites for hydroxylation is 1. The summed E-state index contributed by atoms with van der Waals surface area (Å²) in [5.41, 5.74) is 9.08. The number of hydrogen-bond acceptors (Lipinski definition) is 3. The van der Waals surface area contributed by atoms with Crippen molar-refractivity contribution < 1.29 is 0 Å². The summed E-state index contributed by atoms with van der Waals surface area (Å²) in [6, 6.07) is 6.20. The molecular weight excluding hydrogens is 258 g/mol. The Labute approximate surface area is 127 Å². The van der Waals surface area contributed by atoms with Gasteiger partial charge >= 0.3 is 0 Å². The SMILES string of the molecule is Cc1cc2c(NCC3CCC(C)CC3)ccc(N)c2cn1. The van der Waals surface area contributed by atoms with E-state index < -0.39 is 0 Å². The molecule has 1 aliphatic carbocycles. The third-order valence-electron chi connectivity index (χ3n) is 4.79. The fourth-order valence-corrected chi connectivity index (χ4v) is 3.31. The predicted molar refractivity (Wildman–Crippen MR) is 90.5 cm³/mol. The molecule has 112 valence electrons. The van der Waals surface area contributed by atoms with E-state index in [-0.39, 0.29) is 0 Å². The number of fused-ring (bicyclic) bond motifs is 1. The topological polar surface area (TPSA) is 50.9 Å². The van der Waals surface area contributed by atoms with Crippen molar-refractivity contribution in [3.05, 3.63) is 30.1 Å². The van der Waals surface area contributed by atoms with Crippen LogP contribution in [-0.4, -0.2) is 11.5 Å². The van der Waals surface area contributed by atoms with Gasteiger partial charge in [0.1, 0.15) is 0 Å². The molecule has 0 atom stereocenters. The number of nitrogens with one attached hydrogen (secondary N) is 1. The molecule has 0 bridgehead atoms. The van der Waals surface area contributed by atoms with Gasteiger partial charge in [-0.1, -0.05) is 19.8 Å². The second-order valence-electron chi connectivity index (χ2n) is 6.58. The van der Waals surface area contributed by atoms with E-state index >= 15 is 0 Å². The molecule has 0 spiro atoms. The van der Waals surface area contributed by atoms with Crippen LogP contribution < -0.4 is 11.1 Å². The lowest BCUT2D eigenvalue weighted by molar-refractivity contribution is 0.300. The van der Waals surface area contributed by atoms with E-state index in [9.17, 15) is 0 Å². The molecule has 3 heteroatoms. The lowest BCUT2D eigenvalue weighted by Gasteiger charge is -2.26. The smallest absolute Gasteiger partial charge is 0.0422 e. The van der Waals surface area contributed by atoms with Gasteiger partial charge in [0.2, 0.25) is 0 Å². The molecule has 0 amide bonds. The monoisotopic (exact) mass is 283 g/mol. The zero-order valence-corrected chi connectivity index (χ0v) is 13.0. The van der Waals surface area contributed by atoms with E-state index in [1.165, 1.54) is 36.8 Å². The van der Waals surface area contributed by atoms with Crippen LogP contribution in [0, 0.1) is 18.8 Å². The van der Waals surface area contributed by atoms with Gasteiger partial charge in [-0.05, 0) is 49.8 Å². The van der Waals surface area contributed by atoms with Crippen LogP contribution in [0.25, 0.3) is 10.8 Å². The third-order valence-corrected chi connectivity index (χ3v) is 4.79. The van der Waals surface area contributed by atoms with Crippen LogP contribution in [0.15, 0.2) is 24.4 Å². The van der Waals surface area contributed by atoms with Crippen LogP contribution in [0.5, 0.6) is 0 Å². The fourth-order valence-electron chi connectivity index (χ4n) is 3.31. The average molecular weight is 283 g/mol. The molecule has 1 heterocycles. The molecular formula is C18H25N3. The number of hydrogen-bond donors (Lipinski definition) is 2. The van der Waals surface area contributed by atoms with Gasteiger partial charge < -0.3 is 11.1 Å². The maximum absolute atomic E-state index is 6.06. The number of nitrogens with zero attached hydrogens (tertiary/aromatic N) is 1. The molecule has 0 aliphatic heterocycles. The van der Waals surface area contributed by atoms with E-state index in [1.54, 1.807) is 0 Å². The van der Waals surface area contributed by atoms with Gasteiger partial charge in [0.05, 0.1) is 0 Å². The van der Waals surface area contributed by atoms with Gasteiger partial charge in [0, 0.05) is 40.6 Å². The lowest BCUT2D eigenvalue weighted by atomic mass is 9.83. The van der Waals surface area contributed by atoms with Crippen LogP contribution >= 0.6 is 0 Å². The first-order chi connectivity index (χ1) is 10.1. The van der Waals surface area contributed by atoms with Crippen LogP contribution in [-0.2, 0) is 0 Å².